The molecule has 94 valence electrons. The Morgan fingerprint density at radius 3 is 2.58 bits per heavy atom. The molecular weight excluding hydrogens is 243 g/mol. The summed E-state index contributed by atoms with van der Waals surface area (Å²) in [5, 5.41) is -0.00152. The zero-order chi connectivity index (χ0) is 13.4. The van der Waals surface area contributed by atoms with Crippen LogP contribution in [0.3, 0.4) is 0 Å². The molecule has 19 heavy (non-hydrogen) atoms. The normalized spacial score (nSPS) is 10.8. The third kappa shape index (κ3) is 2.01. The largest absolute Gasteiger partial charge is 0.306 e. The second-order valence-electron chi connectivity index (χ2n) is 4.41. The van der Waals surface area contributed by atoms with Gasteiger partial charge >= 0.3 is 0 Å². The highest BCUT2D eigenvalue weighted by atomic mass is 19.1. The van der Waals surface area contributed by atoms with E-state index < -0.39 is 11.4 Å². The minimum atomic E-state index is -0.554. The molecule has 3 rings (SSSR count). The molecule has 3 aromatic rings. The van der Waals surface area contributed by atoms with Crippen LogP contribution in [0.15, 0.2) is 47.3 Å². The van der Waals surface area contributed by atoms with Gasteiger partial charge in [0.2, 0.25) is 0 Å². The lowest BCUT2D eigenvalue weighted by Gasteiger charge is -2.04. The predicted molar refractivity (Wildman–Crippen MR) is 72.5 cm³/mol. The Labute approximate surface area is 108 Å². The summed E-state index contributed by atoms with van der Waals surface area (Å²) in [7, 11) is 0. The third-order valence-electron chi connectivity index (χ3n) is 3.01. The number of H-pyrrole nitrogens is 1. The van der Waals surface area contributed by atoms with Gasteiger partial charge in [-0.25, -0.2) is 9.37 Å². The van der Waals surface area contributed by atoms with Crippen LogP contribution in [-0.4, -0.2) is 9.97 Å². The molecule has 0 fully saturated rings. The van der Waals surface area contributed by atoms with E-state index in [2.05, 4.69) is 9.97 Å². The van der Waals surface area contributed by atoms with Gasteiger partial charge in [0.05, 0.1) is 5.52 Å². The number of hydrogen-bond donors (Lipinski definition) is 1. The molecule has 0 atom stereocenters. The Morgan fingerprint density at radius 2 is 1.84 bits per heavy atom. The number of rotatable bonds is 1. The summed E-state index contributed by atoms with van der Waals surface area (Å²) in [6.07, 6.45) is 0. The fourth-order valence-corrected chi connectivity index (χ4v) is 2.00. The van der Waals surface area contributed by atoms with Crippen LogP contribution < -0.4 is 5.56 Å². The SMILES string of the molecule is Cc1ccc(-c2nc3cccc(F)c3c(=O)[nH]2)cc1. The molecule has 1 aromatic heterocycles. The Hall–Kier alpha value is -2.49. The van der Waals surface area contributed by atoms with E-state index in [0.717, 1.165) is 11.1 Å². The molecule has 0 spiro atoms. The Balaban J connectivity index is 2.27. The van der Waals surface area contributed by atoms with Gasteiger partial charge in [-0.2, -0.15) is 0 Å². The van der Waals surface area contributed by atoms with Crippen LogP contribution in [0.4, 0.5) is 4.39 Å². The van der Waals surface area contributed by atoms with Gasteiger partial charge in [-0.1, -0.05) is 35.9 Å². The van der Waals surface area contributed by atoms with Crippen LogP contribution in [-0.2, 0) is 0 Å². The maximum Gasteiger partial charge on any atom is 0.262 e. The van der Waals surface area contributed by atoms with E-state index in [-0.39, 0.29) is 5.39 Å². The maximum absolute atomic E-state index is 13.6. The molecule has 2 aromatic carbocycles. The topological polar surface area (TPSA) is 45.8 Å². The smallest absolute Gasteiger partial charge is 0.262 e. The molecule has 4 heteroatoms. The highest BCUT2D eigenvalue weighted by Crippen LogP contribution is 2.18. The number of nitrogens with zero attached hydrogens (tertiary/aromatic N) is 1. The van der Waals surface area contributed by atoms with Crippen molar-refractivity contribution in [3.8, 4) is 11.4 Å². The Morgan fingerprint density at radius 1 is 1.11 bits per heavy atom. The summed E-state index contributed by atoms with van der Waals surface area (Å²) in [4.78, 5) is 18.8. The van der Waals surface area contributed by atoms with E-state index in [0.29, 0.717) is 11.3 Å². The van der Waals surface area contributed by atoms with Crippen molar-refractivity contribution < 1.29 is 4.39 Å². The fraction of sp³-hybridized carbons (Fsp3) is 0.0667. The molecule has 0 aliphatic heterocycles. The molecule has 1 N–H and O–H groups in total. The number of aromatic nitrogens is 2. The molecule has 0 aliphatic carbocycles. The highest BCUT2D eigenvalue weighted by Gasteiger charge is 2.09. The lowest BCUT2D eigenvalue weighted by atomic mass is 10.1. The van der Waals surface area contributed by atoms with Crippen molar-refractivity contribution in [2.75, 3.05) is 0 Å². The summed E-state index contributed by atoms with van der Waals surface area (Å²) in [6, 6.07) is 12.0. The molecule has 0 radical (unpaired) electrons. The summed E-state index contributed by atoms with van der Waals surface area (Å²) in [5.41, 5.74) is 1.82. The van der Waals surface area contributed by atoms with Crippen LogP contribution in [0.1, 0.15) is 5.56 Å². The van der Waals surface area contributed by atoms with Gasteiger partial charge in [0.1, 0.15) is 17.0 Å². The first-order valence-electron chi connectivity index (χ1n) is 5.91. The van der Waals surface area contributed by atoms with Crippen molar-refractivity contribution in [2.45, 2.75) is 6.92 Å². The van der Waals surface area contributed by atoms with E-state index in [1.807, 2.05) is 31.2 Å². The van der Waals surface area contributed by atoms with Gasteiger partial charge in [0.15, 0.2) is 0 Å². The first-order chi connectivity index (χ1) is 9.15. The molecule has 1 heterocycles. The van der Waals surface area contributed by atoms with Gasteiger partial charge in [0.25, 0.3) is 5.56 Å². The van der Waals surface area contributed by atoms with Crippen molar-refractivity contribution in [3.63, 3.8) is 0 Å². The monoisotopic (exact) mass is 254 g/mol. The zero-order valence-electron chi connectivity index (χ0n) is 10.3. The zero-order valence-corrected chi connectivity index (χ0v) is 10.3. The molecule has 0 saturated carbocycles. The van der Waals surface area contributed by atoms with Gasteiger partial charge in [-0.3, -0.25) is 4.79 Å². The lowest BCUT2D eigenvalue weighted by molar-refractivity contribution is 0.638. The van der Waals surface area contributed by atoms with E-state index in [4.69, 9.17) is 0 Å². The Bertz CT molecular complexity index is 806. The number of hydrogen-bond acceptors (Lipinski definition) is 2. The van der Waals surface area contributed by atoms with Crippen LogP contribution in [0.2, 0.25) is 0 Å². The molecular formula is C15H11FN2O. The van der Waals surface area contributed by atoms with Crippen molar-refractivity contribution in [3.05, 3.63) is 64.2 Å². The summed E-state index contributed by atoms with van der Waals surface area (Å²) in [6.45, 7) is 1.98. The number of nitrogens with one attached hydrogen (secondary N) is 1. The van der Waals surface area contributed by atoms with Crippen LogP contribution in [0, 0.1) is 12.7 Å². The predicted octanol–water partition coefficient (Wildman–Crippen LogP) is 3.04. The highest BCUT2D eigenvalue weighted by molar-refractivity contribution is 5.79. The molecule has 0 unspecified atom stereocenters. The number of aryl methyl sites for hydroxylation is 1. The van der Waals surface area contributed by atoms with Crippen molar-refractivity contribution >= 4 is 10.9 Å². The number of halogens is 1. The Kier molecular flexibility index (Phi) is 2.63. The second kappa shape index (κ2) is 4.31. The average molecular weight is 254 g/mol. The van der Waals surface area contributed by atoms with Gasteiger partial charge in [0, 0.05) is 5.56 Å². The van der Waals surface area contributed by atoms with Gasteiger partial charge in [-0.15, -0.1) is 0 Å². The van der Waals surface area contributed by atoms with Crippen molar-refractivity contribution in [1.82, 2.24) is 9.97 Å². The quantitative estimate of drug-likeness (QED) is 0.725. The number of benzene rings is 2. The first-order valence-corrected chi connectivity index (χ1v) is 5.91. The fourth-order valence-electron chi connectivity index (χ4n) is 2.00. The average Bonchev–Trinajstić information content (AvgIpc) is 2.39. The first kappa shape index (κ1) is 11.6. The molecule has 0 bridgehead atoms. The van der Waals surface area contributed by atoms with Gasteiger partial charge < -0.3 is 4.98 Å². The van der Waals surface area contributed by atoms with E-state index in [1.54, 1.807) is 12.1 Å². The lowest BCUT2D eigenvalue weighted by Crippen LogP contribution is -2.11. The number of fused-ring (bicyclic) bond motifs is 1. The molecule has 0 amide bonds. The van der Waals surface area contributed by atoms with E-state index >= 15 is 0 Å². The number of aromatic amines is 1. The second-order valence-corrected chi connectivity index (χ2v) is 4.41. The van der Waals surface area contributed by atoms with Crippen LogP contribution in [0.5, 0.6) is 0 Å². The molecule has 3 nitrogen and oxygen atoms in total. The minimum absolute atomic E-state index is 0.00152. The standard InChI is InChI=1S/C15H11FN2O/c1-9-5-7-10(8-6-9)14-17-12-4-2-3-11(16)13(12)15(19)18-14/h2-8H,1H3,(H,17,18,19). The molecule has 0 saturated heterocycles. The third-order valence-corrected chi connectivity index (χ3v) is 3.01. The maximum atomic E-state index is 13.6. The molecule has 0 aliphatic rings. The summed E-state index contributed by atoms with van der Waals surface area (Å²) >= 11 is 0. The summed E-state index contributed by atoms with van der Waals surface area (Å²) < 4.78 is 13.6. The summed E-state index contributed by atoms with van der Waals surface area (Å²) in [5.74, 6) is -0.107. The van der Waals surface area contributed by atoms with Crippen molar-refractivity contribution in [1.29, 1.82) is 0 Å². The van der Waals surface area contributed by atoms with Crippen molar-refractivity contribution in [2.24, 2.45) is 0 Å². The van der Waals surface area contributed by atoms with Crippen LogP contribution in [0.25, 0.3) is 22.3 Å². The van der Waals surface area contributed by atoms with Crippen LogP contribution >= 0.6 is 0 Å². The minimum Gasteiger partial charge on any atom is -0.306 e. The van der Waals surface area contributed by atoms with E-state index in [9.17, 15) is 9.18 Å². The van der Waals surface area contributed by atoms with Gasteiger partial charge in [-0.05, 0) is 19.1 Å². The van der Waals surface area contributed by atoms with E-state index in [1.165, 1.54) is 6.07 Å².